The molecule has 0 atom stereocenters. The molecule has 0 radical (unpaired) electrons. The number of imidazole rings is 1. The van der Waals surface area contributed by atoms with E-state index in [2.05, 4.69) is 9.97 Å². The van der Waals surface area contributed by atoms with Crippen molar-refractivity contribution >= 4 is 11.6 Å². The molecule has 0 aliphatic rings. The predicted octanol–water partition coefficient (Wildman–Crippen LogP) is 2.18. The molecule has 0 saturated carbocycles. The fourth-order valence-electron chi connectivity index (χ4n) is 1.92. The number of esters is 1. The van der Waals surface area contributed by atoms with Crippen LogP contribution in [0.15, 0.2) is 48.8 Å². The van der Waals surface area contributed by atoms with Gasteiger partial charge in [0.15, 0.2) is 0 Å². The Kier molecular flexibility index (Phi) is 2.72. The van der Waals surface area contributed by atoms with Crippen LogP contribution in [0.1, 0.15) is 10.5 Å². The van der Waals surface area contributed by atoms with E-state index in [9.17, 15) is 4.79 Å². The molecule has 0 N–H and O–H groups in total. The van der Waals surface area contributed by atoms with Crippen molar-refractivity contribution < 1.29 is 9.53 Å². The highest BCUT2D eigenvalue weighted by Gasteiger charge is 2.12. The Bertz CT molecular complexity index is 735. The van der Waals surface area contributed by atoms with Crippen LogP contribution in [0.2, 0.25) is 0 Å². The second kappa shape index (κ2) is 4.53. The zero-order valence-corrected chi connectivity index (χ0v) is 10.3. The van der Waals surface area contributed by atoms with Crippen molar-refractivity contribution in [3.63, 3.8) is 0 Å². The molecule has 0 saturated heterocycles. The Morgan fingerprint density at radius 2 is 2.05 bits per heavy atom. The summed E-state index contributed by atoms with van der Waals surface area (Å²) in [7, 11) is 1.36. The van der Waals surface area contributed by atoms with E-state index in [1.54, 1.807) is 28.9 Å². The van der Waals surface area contributed by atoms with Crippen LogP contribution in [-0.4, -0.2) is 27.4 Å². The summed E-state index contributed by atoms with van der Waals surface area (Å²) in [6.07, 6.45) is 3.49. The van der Waals surface area contributed by atoms with Gasteiger partial charge >= 0.3 is 5.97 Å². The number of ether oxygens (including phenoxy) is 1. The zero-order chi connectivity index (χ0) is 13.2. The lowest BCUT2D eigenvalue weighted by Gasteiger charge is -2.01. The Hall–Kier alpha value is -2.69. The SMILES string of the molecule is COC(=O)c1cccc2nc(-c3ccccn3)cn12. The van der Waals surface area contributed by atoms with Gasteiger partial charge in [0.25, 0.3) is 0 Å². The molecule has 94 valence electrons. The van der Waals surface area contributed by atoms with Gasteiger partial charge in [0.1, 0.15) is 17.0 Å². The number of methoxy groups -OCH3 is 1. The van der Waals surface area contributed by atoms with Crippen LogP contribution in [0, 0.1) is 0 Å². The summed E-state index contributed by atoms with van der Waals surface area (Å²) in [4.78, 5) is 20.4. The van der Waals surface area contributed by atoms with Crippen molar-refractivity contribution in [2.45, 2.75) is 0 Å². The molecular formula is C14H11N3O2. The van der Waals surface area contributed by atoms with Crippen molar-refractivity contribution in [1.29, 1.82) is 0 Å². The molecule has 0 aliphatic carbocycles. The van der Waals surface area contributed by atoms with Gasteiger partial charge in [-0.15, -0.1) is 0 Å². The average molecular weight is 253 g/mol. The summed E-state index contributed by atoms with van der Waals surface area (Å²) in [6, 6.07) is 10.9. The second-order valence-corrected chi connectivity index (χ2v) is 3.97. The molecule has 0 spiro atoms. The molecule has 0 aromatic carbocycles. The fourth-order valence-corrected chi connectivity index (χ4v) is 1.92. The van der Waals surface area contributed by atoms with Crippen molar-refractivity contribution in [1.82, 2.24) is 14.4 Å². The summed E-state index contributed by atoms with van der Waals surface area (Å²) >= 11 is 0. The lowest BCUT2D eigenvalue weighted by atomic mass is 10.3. The molecule has 0 aliphatic heterocycles. The topological polar surface area (TPSA) is 56.5 Å². The van der Waals surface area contributed by atoms with Gasteiger partial charge in [0.2, 0.25) is 0 Å². The molecule has 0 bridgehead atoms. The van der Waals surface area contributed by atoms with Crippen LogP contribution in [0.25, 0.3) is 17.0 Å². The summed E-state index contributed by atoms with van der Waals surface area (Å²) in [5.41, 5.74) is 2.61. The first-order chi connectivity index (χ1) is 9.29. The van der Waals surface area contributed by atoms with Crippen LogP contribution < -0.4 is 0 Å². The van der Waals surface area contributed by atoms with Crippen LogP contribution in [0.3, 0.4) is 0 Å². The number of hydrogen-bond acceptors (Lipinski definition) is 4. The van der Waals surface area contributed by atoms with E-state index in [1.165, 1.54) is 7.11 Å². The van der Waals surface area contributed by atoms with Crippen LogP contribution in [-0.2, 0) is 4.74 Å². The van der Waals surface area contributed by atoms with Crippen LogP contribution in [0.4, 0.5) is 0 Å². The second-order valence-electron chi connectivity index (χ2n) is 3.97. The maximum absolute atomic E-state index is 11.7. The van der Waals surface area contributed by atoms with Crippen LogP contribution in [0.5, 0.6) is 0 Å². The molecule has 3 aromatic heterocycles. The van der Waals surface area contributed by atoms with E-state index in [-0.39, 0.29) is 0 Å². The third kappa shape index (κ3) is 1.95. The quantitative estimate of drug-likeness (QED) is 0.657. The number of carbonyl (C=O) groups excluding carboxylic acids is 1. The smallest absolute Gasteiger partial charge is 0.355 e. The molecule has 5 heteroatoms. The number of carbonyl (C=O) groups is 1. The third-order valence-corrected chi connectivity index (χ3v) is 2.81. The maximum atomic E-state index is 11.7. The third-order valence-electron chi connectivity index (χ3n) is 2.81. The standard InChI is InChI=1S/C14H11N3O2/c1-19-14(18)12-6-4-7-13-16-11(9-17(12)13)10-5-2-3-8-15-10/h2-9H,1H3. The molecule has 3 rings (SSSR count). The van der Waals surface area contributed by atoms with Gasteiger partial charge < -0.3 is 4.74 Å². The van der Waals surface area contributed by atoms with Crippen LogP contribution >= 0.6 is 0 Å². The Labute approximate surface area is 109 Å². The Morgan fingerprint density at radius 3 is 2.79 bits per heavy atom. The number of rotatable bonds is 2. The van der Waals surface area contributed by atoms with E-state index in [0.29, 0.717) is 11.3 Å². The summed E-state index contributed by atoms with van der Waals surface area (Å²) in [6.45, 7) is 0. The highest BCUT2D eigenvalue weighted by Crippen LogP contribution is 2.18. The largest absolute Gasteiger partial charge is 0.464 e. The molecule has 19 heavy (non-hydrogen) atoms. The van der Waals surface area contributed by atoms with Crippen molar-refractivity contribution in [3.05, 3.63) is 54.5 Å². The Balaban J connectivity index is 2.19. The normalized spacial score (nSPS) is 10.6. The van der Waals surface area contributed by atoms with Gasteiger partial charge in [0, 0.05) is 12.4 Å². The summed E-state index contributed by atoms with van der Waals surface area (Å²) in [5.74, 6) is -0.393. The molecule has 0 fully saturated rings. The van der Waals surface area contributed by atoms with E-state index in [0.717, 1.165) is 11.4 Å². The van der Waals surface area contributed by atoms with Gasteiger partial charge in [-0.3, -0.25) is 9.38 Å². The minimum atomic E-state index is -0.393. The Morgan fingerprint density at radius 1 is 1.16 bits per heavy atom. The summed E-state index contributed by atoms with van der Waals surface area (Å²) < 4.78 is 6.46. The van der Waals surface area contributed by atoms with Gasteiger partial charge in [-0.05, 0) is 24.3 Å². The maximum Gasteiger partial charge on any atom is 0.355 e. The first-order valence-corrected chi connectivity index (χ1v) is 5.77. The minimum Gasteiger partial charge on any atom is -0.464 e. The lowest BCUT2D eigenvalue weighted by molar-refractivity contribution is 0.0592. The monoisotopic (exact) mass is 253 g/mol. The molecule has 3 aromatic rings. The van der Waals surface area contributed by atoms with E-state index >= 15 is 0 Å². The highest BCUT2D eigenvalue weighted by atomic mass is 16.5. The molecule has 5 nitrogen and oxygen atoms in total. The number of fused-ring (bicyclic) bond motifs is 1. The number of nitrogens with zero attached hydrogens (tertiary/aromatic N) is 3. The zero-order valence-electron chi connectivity index (χ0n) is 10.3. The first-order valence-electron chi connectivity index (χ1n) is 5.77. The van der Waals surface area contributed by atoms with E-state index in [4.69, 9.17) is 4.74 Å². The first kappa shape index (κ1) is 11.4. The van der Waals surface area contributed by atoms with Crippen molar-refractivity contribution in [2.75, 3.05) is 7.11 Å². The predicted molar refractivity (Wildman–Crippen MR) is 69.8 cm³/mol. The van der Waals surface area contributed by atoms with Crippen molar-refractivity contribution in [3.8, 4) is 11.4 Å². The number of aromatic nitrogens is 3. The average Bonchev–Trinajstić information content (AvgIpc) is 2.91. The van der Waals surface area contributed by atoms with Gasteiger partial charge in [-0.25, -0.2) is 9.78 Å². The molecule has 0 amide bonds. The minimum absolute atomic E-state index is 0.393. The van der Waals surface area contributed by atoms with E-state index < -0.39 is 5.97 Å². The molecular weight excluding hydrogens is 242 g/mol. The van der Waals surface area contributed by atoms with Crippen molar-refractivity contribution in [2.24, 2.45) is 0 Å². The van der Waals surface area contributed by atoms with Gasteiger partial charge in [-0.1, -0.05) is 12.1 Å². The highest BCUT2D eigenvalue weighted by molar-refractivity contribution is 5.88. The molecule has 0 unspecified atom stereocenters. The number of pyridine rings is 2. The molecule has 3 heterocycles. The number of hydrogen-bond donors (Lipinski definition) is 0. The van der Waals surface area contributed by atoms with Gasteiger partial charge in [-0.2, -0.15) is 0 Å². The van der Waals surface area contributed by atoms with Gasteiger partial charge in [0.05, 0.1) is 12.8 Å². The lowest BCUT2D eigenvalue weighted by Crippen LogP contribution is -2.06. The summed E-state index contributed by atoms with van der Waals surface area (Å²) in [5, 5.41) is 0. The fraction of sp³-hybridized carbons (Fsp3) is 0.0714. The van der Waals surface area contributed by atoms with E-state index in [1.807, 2.05) is 24.3 Å².